The summed E-state index contributed by atoms with van der Waals surface area (Å²) in [5, 5.41) is 4.04. The third kappa shape index (κ3) is 3.11. The van der Waals surface area contributed by atoms with Crippen LogP contribution in [0, 0.1) is 5.82 Å². The molecule has 2 aromatic heterocycles. The summed E-state index contributed by atoms with van der Waals surface area (Å²) in [6, 6.07) is 12.5. The third-order valence-corrected chi connectivity index (χ3v) is 3.60. The highest BCUT2D eigenvalue weighted by Crippen LogP contribution is 2.26. The molecule has 1 atom stereocenters. The van der Waals surface area contributed by atoms with Gasteiger partial charge in [-0.2, -0.15) is 0 Å². The Labute approximate surface area is 122 Å². The fourth-order valence-corrected chi connectivity index (χ4v) is 2.47. The van der Waals surface area contributed by atoms with Gasteiger partial charge in [-0.3, -0.25) is 4.98 Å². The van der Waals surface area contributed by atoms with Crippen molar-refractivity contribution in [3.63, 3.8) is 0 Å². The van der Waals surface area contributed by atoms with E-state index in [0.717, 1.165) is 29.7 Å². The summed E-state index contributed by atoms with van der Waals surface area (Å²) in [6.07, 6.45) is 3.53. The molecule has 1 aromatic carbocycles. The number of aromatic nitrogens is 1. The highest BCUT2D eigenvalue weighted by atomic mass is 19.1. The number of furan rings is 1. The van der Waals surface area contributed by atoms with Gasteiger partial charge in [0.1, 0.15) is 17.2 Å². The lowest BCUT2D eigenvalue weighted by molar-refractivity contribution is 0.432. The Morgan fingerprint density at radius 1 is 1.24 bits per heavy atom. The molecule has 108 valence electrons. The lowest BCUT2D eigenvalue weighted by Gasteiger charge is -2.12. The minimum absolute atomic E-state index is 0.0856. The van der Waals surface area contributed by atoms with E-state index in [9.17, 15) is 4.39 Å². The van der Waals surface area contributed by atoms with Gasteiger partial charge in [-0.05, 0) is 56.3 Å². The second-order valence-corrected chi connectivity index (χ2v) is 5.03. The van der Waals surface area contributed by atoms with Crippen molar-refractivity contribution in [2.45, 2.75) is 18.9 Å². The average Bonchev–Trinajstić information content (AvgIpc) is 2.92. The zero-order chi connectivity index (χ0) is 14.7. The molecule has 3 nitrogen and oxygen atoms in total. The van der Waals surface area contributed by atoms with Crippen LogP contribution in [0.4, 0.5) is 4.39 Å². The van der Waals surface area contributed by atoms with Crippen molar-refractivity contribution in [2.75, 3.05) is 7.05 Å². The van der Waals surface area contributed by atoms with Crippen LogP contribution >= 0.6 is 0 Å². The Morgan fingerprint density at radius 3 is 2.90 bits per heavy atom. The molecule has 0 saturated heterocycles. The van der Waals surface area contributed by atoms with Crippen LogP contribution < -0.4 is 5.32 Å². The number of hydrogen-bond donors (Lipinski definition) is 1. The minimum Gasteiger partial charge on any atom is -0.459 e. The summed E-state index contributed by atoms with van der Waals surface area (Å²) in [5.41, 5.74) is 1.77. The standard InChI is InChI=1S/C17H17FN2O/c1-19-15(7-6-14-4-2-3-9-20-14)17-11-12-10-13(18)5-8-16(12)21-17/h2-5,8-11,15,19H,6-7H2,1H3. The molecule has 0 spiro atoms. The molecule has 0 aliphatic carbocycles. The smallest absolute Gasteiger partial charge is 0.134 e. The number of nitrogens with zero attached hydrogens (tertiary/aromatic N) is 1. The summed E-state index contributed by atoms with van der Waals surface area (Å²) in [4.78, 5) is 4.33. The van der Waals surface area contributed by atoms with E-state index in [-0.39, 0.29) is 11.9 Å². The van der Waals surface area contributed by atoms with Crippen LogP contribution in [0.2, 0.25) is 0 Å². The molecule has 4 heteroatoms. The highest BCUT2D eigenvalue weighted by Gasteiger charge is 2.15. The fraction of sp³-hybridized carbons (Fsp3) is 0.235. The number of nitrogens with one attached hydrogen (secondary N) is 1. The summed E-state index contributed by atoms with van der Waals surface area (Å²) in [7, 11) is 1.90. The van der Waals surface area contributed by atoms with Gasteiger partial charge in [-0.15, -0.1) is 0 Å². The molecule has 2 heterocycles. The van der Waals surface area contributed by atoms with Gasteiger partial charge in [0.2, 0.25) is 0 Å². The van der Waals surface area contributed by atoms with Crippen molar-refractivity contribution in [1.82, 2.24) is 10.3 Å². The zero-order valence-corrected chi connectivity index (χ0v) is 11.8. The maximum Gasteiger partial charge on any atom is 0.134 e. The van der Waals surface area contributed by atoms with Crippen LogP contribution in [0.5, 0.6) is 0 Å². The van der Waals surface area contributed by atoms with Gasteiger partial charge in [-0.1, -0.05) is 6.07 Å². The summed E-state index contributed by atoms with van der Waals surface area (Å²) >= 11 is 0. The maximum absolute atomic E-state index is 13.2. The molecular formula is C17H17FN2O. The lowest BCUT2D eigenvalue weighted by atomic mass is 10.1. The van der Waals surface area contributed by atoms with E-state index in [1.165, 1.54) is 12.1 Å². The fourth-order valence-electron chi connectivity index (χ4n) is 2.47. The first-order valence-electron chi connectivity index (χ1n) is 7.02. The molecule has 0 radical (unpaired) electrons. The molecule has 0 amide bonds. The highest BCUT2D eigenvalue weighted by molar-refractivity contribution is 5.78. The maximum atomic E-state index is 13.2. The van der Waals surface area contributed by atoms with E-state index in [4.69, 9.17) is 4.42 Å². The number of aryl methyl sites for hydroxylation is 1. The molecule has 0 aliphatic rings. The van der Waals surface area contributed by atoms with E-state index >= 15 is 0 Å². The van der Waals surface area contributed by atoms with Crippen LogP contribution in [0.15, 0.2) is 53.1 Å². The molecule has 3 rings (SSSR count). The van der Waals surface area contributed by atoms with Crippen molar-refractivity contribution < 1.29 is 8.81 Å². The first-order valence-corrected chi connectivity index (χ1v) is 7.02. The summed E-state index contributed by atoms with van der Waals surface area (Å²) in [5.74, 6) is 0.582. The van der Waals surface area contributed by atoms with Crippen LogP contribution in [-0.4, -0.2) is 12.0 Å². The van der Waals surface area contributed by atoms with Gasteiger partial charge in [-0.25, -0.2) is 4.39 Å². The summed E-state index contributed by atoms with van der Waals surface area (Å²) < 4.78 is 19.0. The van der Waals surface area contributed by atoms with E-state index < -0.39 is 0 Å². The third-order valence-electron chi connectivity index (χ3n) is 3.60. The molecule has 0 aliphatic heterocycles. The molecule has 1 unspecified atom stereocenters. The Balaban J connectivity index is 1.78. The number of halogens is 1. The zero-order valence-electron chi connectivity index (χ0n) is 11.8. The van der Waals surface area contributed by atoms with Crippen molar-refractivity contribution >= 4 is 11.0 Å². The quantitative estimate of drug-likeness (QED) is 0.773. The molecule has 1 N–H and O–H groups in total. The largest absolute Gasteiger partial charge is 0.459 e. The monoisotopic (exact) mass is 284 g/mol. The van der Waals surface area contributed by atoms with Crippen LogP contribution in [0.3, 0.4) is 0 Å². The van der Waals surface area contributed by atoms with Crippen LogP contribution in [0.25, 0.3) is 11.0 Å². The van der Waals surface area contributed by atoms with Crippen molar-refractivity contribution in [2.24, 2.45) is 0 Å². The first kappa shape index (κ1) is 13.8. The minimum atomic E-state index is -0.246. The number of rotatable bonds is 5. The van der Waals surface area contributed by atoms with E-state index in [2.05, 4.69) is 10.3 Å². The number of benzene rings is 1. The second-order valence-electron chi connectivity index (χ2n) is 5.03. The predicted octanol–water partition coefficient (Wildman–Crippen LogP) is 3.86. The van der Waals surface area contributed by atoms with Gasteiger partial charge in [0.25, 0.3) is 0 Å². The first-order chi connectivity index (χ1) is 10.3. The molecule has 0 bridgehead atoms. The van der Waals surface area contributed by atoms with Gasteiger partial charge in [0.15, 0.2) is 0 Å². The Hall–Kier alpha value is -2.20. The topological polar surface area (TPSA) is 38.1 Å². The number of fused-ring (bicyclic) bond motifs is 1. The van der Waals surface area contributed by atoms with Crippen LogP contribution in [-0.2, 0) is 6.42 Å². The molecular weight excluding hydrogens is 267 g/mol. The van der Waals surface area contributed by atoms with Crippen molar-refractivity contribution in [3.8, 4) is 0 Å². The van der Waals surface area contributed by atoms with Gasteiger partial charge < -0.3 is 9.73 Å². The molecule has 0 fully saturated rings. The van der Waals surface area contributed by atoms with Crippen molar-refractivity contribution in [3.05, 3.63) is 65.9 Å². The average molecular weight is 284 g/mol. The lowest BCUT2D eigenvalue weighted by Crippen LogP contribution is -2.16. The molecule has 3 aromatic rings. The Bertz CT molecular complexity index is 724. The number of pyridine rings is 1. The van der Waals surface area contributed by atoms with E-state index in [1.807, 2.05) is 31.3 Å². The summed E-state index contributed by atoms with van der Waals surface area (Å²) in [6.45, 7) is 0. The Morgan fingerprint density at radius 2 is 2.14 bits per heavy atom. The van der Waals surface area contributed by atoms with Gasteiger partial charge >= 0.3 is 0 Å². The van der Waals surface area contributed by atoms with E-state index in [0.29, 0.717) is 5.58 Å². The van der Waals surface area contributed by atoms with Gasteiger partial charge in [0.05, 0.1) is 6.04 Å². The second kappa shape index (κ2) is 6.06. The molecule has 0 saturated carbocycles. The number of hydrogen-bond acceptors (Lipinski definition) is 3. The van der Waals surface area contributed by atoms with Gasteiger partial charge in [0, 0.05) is 17.3 Å². The van der Waals surface area contributed by atoms with Crippen molar-refractivity contribution in [1.29, 1.82) is 0 Å². The normalized spacial score (nSPS) is 12.7. The predicted molar refractivity (Wildman–Crippen MR) is 80.5 cm³/mol. The van der Waals surface area contributed by atoms with Crippen LogP contribution in [0.1, 0.15) is 23.9 Å². The Kier molecular flexibility index (Phi) is 3.97. The van der Waals surface area contributed by atoms with E-state index in [1.54, 1.807) is 12.3 Å². The molecule has 21 heavy (non-hydrogen) atoms. The SMILES string of the molecule is CNC(CCc1ccccn1)c1cc2cc(F)ccc2o1.